The van der Waals surface area contributed by atoms with Gasteiger partial charge in [0.25, 0.3) is 0 Å². The summed E-state index contributed by atoms with van der Waals surface area (Å²) in [6, 6.07) is 5.57. The molecule has 0 spiro atoms. The number of nitrogens with two attached hydrogens (primary N) is 1. The molecule has 0 saturated carbocycles. The van der Waals surface area contributed by atoms with Crippen LogP contribution in [0.15, 0.2) is 22.6 Å². The van der Waals surface area contributed by atoms with Crippen LogP contribution < -0.4 is 5.73 Å². The average Bonchev–Trinajstić information content (AvgIpc) is 2.82. The molecule has 0 amide bonds. The lowest BCUT2D eigenvalue weighted by molar-refractivity contribution is 0.0109. The van der Waals surface area contributed by atoms with Gasteiger partial charge < -0.3 is 14.9 Å². The van der Waals surface area contributed by atoms with Crippen molar-refractivity contribution in [2.24, 2.45) is 0 Å². The van der Waals surface area contributed by atoms with Gasteiger partial charge in [0, 0.05) is 25.4 Å². The van der Waals surface area contributed by atoms with E-state index in [4.69, 9.17) is 14.9 Å². The molecule has 108 valence electrons. The minimum Gasteiger partial charge on any atom is -0.439 e. The average molecular weight is 275 g/mol. The molecule has 2 N–H and O–H groups in total. The van der Waals surface area contributed by atoms with Gasteiger partial charge in [-0.15, -0.1) is 0 Å². The van der Waals surface area contributed by atoms with Gasteiger partial charge in [-0.05, 0) is 38.0 Å². The third kappa shape index (κ3) is 2.94. The first-order valence-electron chi connectivity index (χ1n) is 7.23. The number of nitrogens with zero attached hydrogens (tertiary/aromatic N) is 2. The van der Waals surface area contributed by atoms with Crippen molar-refractivity contribution >= 4 is 16.8 Å². The number of oxazole rings is 1. The maximum Gasteiger partial charge on any atom is 0.209 e. The standard InChI is InChI=1S/C15H21N3O2/c1-2-19-12-5-7-18(8-6-12)10-15-17-13-9-11(16)3-4-14(13)20-15/h3-4,9,12H,2,5-8,10,16H2,1H3. The molecule has 1 saturated heterocycles. The monoisotopic (exact) mass is 275 g/mol. The third-order valence-electron chi connectivity index (χ3n) is 3.75. The third-order valence-corrected chi connectivity index (χ3v) is 3.75. The lowest BCUT2D eigenvalue weighted by Gasteiger charge is -2.30. The Morgan fingerprint density at radius 1 is 1.40 bits per heavy atom. The molecule has 0 unspecified atom stereocenters. The predicted octanol–water partition coefficient (Wildman–Crippen LogP) is 2.41. The van der Waals surface area contributed by atoms with E-state index in [1.807, 2.05) is 18.2 Å². The van der Waals surface area contributed by atoms with E-state index in [0.29, 0.717) is 6.10 Å². The van der Waals surface area contributed by atoms with Crippen LogP contribution in [0.5, 0.6) is 0 Å². The van der Waals surface area contributed by atoms with E-state index in [9.17, 15) is 0 Å². The normalized spacial score (nSPS) is 17.9. The summed E-state index contributed by atoms with van der Waals surface area (Å²) in [5.41, 5.74) is 8.11. The number of ether oxygens (including phenoxy) is 1. The Labute approximate surface area is 118 Å². The van der Waals surface area contributed by atoms with Crippen LogP contribution in [-0.2, 0) is 11.3 Å². The highest BCUT2D eigenvalue weighted by molar-refractivity contribution is 5.76. The summed E-state index contributed by atoms with van der Waals surface area (Å²) in [5, 5.41) is 0. The van der Waals surface area contributed by atoms with Gasteiger partial charge in [0.05, 0.1) is 12.6 Å². The quantitative estimate of drug-likeness (QED) is 0.868. The first kappa shape index (κ1) is 13.4. The molecule has 0 aliphatic carbocycles. The second kappa shape index (κ2) is 5.81. The number of rotatable bonds is 4. The number of hydrogen-bond donors (Lipinski definition) is 1. The fourth-order valence-corrected chi connectivity index (χ4v) is 2.72. The van der Waals surface area contributed by atoms with Crippen LogP contribution in [0.25, 0.3) is 11.1 Å². The van der Waals surface area contributed by atoms with Crippen molar-refractivity contribution < 1.29 is 9.15 Å². The summed E-state index contributed by atoms with van der Waals surface area (Å²) in [6.07, 6.45) is 2.59. The number of anilines is 1. The van der Waals surface area contributed by atoms with E-state index in [-0.39, 0.29) is 0 Å². The Hall–Kier alpha value is -1.59. The van der Waals surface area contributed by atoms with Crippen molar-refractivity contribution in [2.75, 3.05) is 25.4 Å². The highest BCUT2D eigenvalue weighted by atomic mass is 16.5. The highest BCUT2D eigenvalue weighted by Gasteiger charge is 2.20. The molecule has 1 fully saturated rings. The van der Waals surface area contributed by atoms with E-state index in [0.717, 1.165) is 61.8 Å². The molecule has 1 aromatic carbocycles. The zero-order valence-electron chi connectivity index (χ0n) is 11.8. The lowest BCUT2D eigenvalue weighted by atomic mass is 10.1. The Bertz CT molecular complexity index is 574. The second-order valence-corrected chi connectivity index (χ2v) is 5.27. The summed E-state index contributed by atoms with van der Waals surface area (Å²) in [5.74, 6) is 0.764. The van der Waals surface area contributed by atoms with Crippen LogP contribution >= 0.6 is 0 Å². The highest BCUT2D eigenvalue weighted by Crippen LogP contribution is 2.21. The molecule has 1 aromatic heterocycles. The summed E-state index contributed by atoms with van der Waals surface area (Å²) >= 11 is 0. The van der Waals surface area contributed by atoms with Crippen LogP contribution in [0.1, 0.15) is 25.7 Å². The maximum atomic E-state index is 5.76. The molecule has 0 bridgehead atoms. The molecule has 0 radical (unpaired) electrons. The van der Waals surface area contributed by atoms with Crippen LogP contribution in [0.2, 0.25) is 0 Å². The van der Waals surface area contributed by atoms with Gasteiger partial charge in [0.1, 0.15) is 5.52 Å². The van der Waals surface area contributed by atoms with Gasteiger partial charge in [0.2, 0.25) is 5.89 Å². The molecule has 0 atom stereocenters. The Morgan fingerprint density at radius 3 is 2.95 bits per heavy atom. The molecule has 2 heterocycles. The summed E-state index contributed by atoms with van der Waals surface area (Å²) in [7, 11) is 0. The van der Waals surface area contributed by atoms with E-state index in [2.05, 4.69) is 16.8 Å². The van der Waals surface area contributed by atoms with Crippen LogP contribution in [0, 0.1) is 0 Å². The second-order valence-electron chi connectivity index (χ2n) is 5.27. The number of likely N-dealkylation sites (tertiary alicyclic amines) is 1. The molecule has 3 rings (SSSR count). The summed E-state index contributed by atoms with van der Waals surface area (Å²) in [6.45, 7) is 5.68. The number of aromatic nitrogens is 1. The Morgan fingerprint density at radius 2 is 2.20 bits per heavy atom. The number of fused-ring (bicyclic) bond motifs is 1. The topological polar surface area (TPSA) is 64.5 Å². The number of nitrogen functional groups attached to an aromatic ring is 1. The smallest absolute Gasteiger partial charge is 0.209 e. The van der Waals surface area contributed by atoms with E-state index in [1.165, 1.54) is 0 Å². The predicted molar refractivity (Wildman–Crippen MR) is 78.3 cm³/mol. The van der Waals surface area contributed by atoms with Crippen molar-refractivity contribution in [2.45, 2.75) is 32.4 Å². The van der Waals surface area contributed by atoms with Gasteiger partial charge in [-0.1, -0.05) is 0 Å². The van der Waals surface area contributed by atoms with Gasteiger partial charge >= 0.3 is 0 Å². The van der Waals surface area contributed by atoms with Gasteiger partial charge in [-0.3, -0.25) is 4.90 Å². The molecule has 20 heavy (non-hydrogen) atoms. The fourth-order valence-electron chi connectivity index (χ4n) is 2.72. The first-order chi connectivity index (χ1) is 9.74. The first-order valence-corrected chi connectivity index (χ1v) is 7.23. The van der Waals surface area contributed by atoms with Crippen molar-refractivity contribution in [1.29, 1.82) is 0 Å². The maximum absolute atomic E-state index is 5.76. The minimum atomic E-state index is 0.416. The lowest BCUT2D eigenvalue weighted by Crippen LogP contribution is -2.36. The van der Waals surface area contributed by atoms with Crippen LogP contribution in [0.4, 0.5) is 5.69 Å². The van der Waals surface area contributed by atoms with Gasteiger partial charge in [-0.25, -0.2) is 4.98 Å². The van der Waals surface area contributed by atoms with Gasteiger partial charge in [0.15, 0.2) is 5.58 Å². The number of piperidine rings is 1. The zero-order valence-corrected chi connectivity index (χ0v) is 11.8. The van der Waals surface area contributed by atoms with Crippen molar-refractivity contribution in [3.63, 3.8) is 0 Å². The van der Waals surface area contributed by atoms with Crippen LogP contribution in [-0.4, -0.2) is 35.7 Å². The number of benzene rings is 1. The minimum absolute atomic E-state index is 0.416. The largest absolute Gasteiger partial charge is 0.439 e. The number of hydrogen-bond acceptors (Lipinski definition) is 5. The Balaban J connectivity index is 1.62. The summed E-state index contributed by atoms with van der Waals surface area (Å²) in [4.78, 5) is 6.87. The molecular weight excluding hydrogens is 254 g/mol. The molecule has 1 aliphatic rings. The van der Waals surface area contributed by atoms with Crippen molar-refractivity contribution in [3.8, 4) is 0 Å². The molecule has 1 aliphatic heterocycles. The van der Waals surface area contributed by atoms with Crippen molar-refractivity contribution in [1.82, 2.24) is 9.88 Å². The van der Waals surface area contributed by atoms with Crippen molar-refractivity contribution in [3.05, 3.63) is 24.1 Å². The summed E-state index contributed by atoms with van der Waals surface area (Å²) < 4.78 is 11.4. The molecule has 5 heteroatoms. The van der Waals surface area contributed by atoms with E-state index >= 15 is 0 Å². The molecular formula is C15H21N3O2. The zero-order chi connectivity index (χ0) is 13.9. The SMILES string of the molecule is CCOC1CCN(Cc2nc3cc(N)ccc3o2)CC1. The van der Waals surface area contributed by atoms with E-state index < -0.39 is 0 Å². The van der Waals surface area contributed by atoms with Gasteiger partial charge in [-0.2, -0.15) is 0 Å². The Kier molecular flexibility index (Phi) is 3.89. The molecule has 2 aromatic rings. The molecule has 5 nitrogen and oxygen atoms in total. The fraction of sp³-hybridized carbons (Fsp3) is 0.533. The van der Waals surface area contributed by atoms with Crippen LogP contribution in [0.3, 0.4) is 0 Å². The van der Waals surface area contributed by atoms with E-state index in [1.54, 1.807) is 0 Å².